The van der Waals surface area contributed by atoms with Crippen LogP contribution in [0.5, 0.6) is 0 Å². The molecule has 0 bridgehead atoms. The third-order valence-corrected chi connectivity index (χ3v) is 3.78. The van der Waals surface area contributed by atoms with Crippen LogP contribution in [0.1, 0.15) is 22.8 Å². The second kappa shape index (κ2) is 6.64. The predicted octanol–water partition coefficient (Wildman–Crippen LogP) is 1.90. The molecule has 0 aliphatic heterocycles. The first-order valence-corrected chi connectivity index (χ1v) is 7.59. The van der Waals surface area contributed by atoms with Crippen LogP contribution in [0.2, 0.25) is 0 Å². The van der Waals surface area contributed by atoms with E-state index < -0.39 is 5.60 Å². The minimum atomic E-state index is -1.14. The van der Waals surface area contributed by atoms with Gasteiger partial charge in [-0.3, -0.25) is 4.79 Å². The van der Waals surface area contributed by atoms with Crippen LogP contribution >= 0.6 is 0 Å². The Balaban J connectivity index is 1.70. The van der Waals surface area contributed by atoms with Crippen LogP contribution in [0.25, 0.3) is 5.69 Å². The van der Waals surface area contributed by atoms with Crippen LogP contribution in [-0.2, 0) is 5.60 Å². The van der Waals surface area contributed by atoms with E-state index in [1.807, 2.05) is 36.4 Å². The number of aromatic nitrogens is 3. The SMILES string of the molecule is CC(O)(CNC(=O)c1cccc(-n2ccnn2)c1)c1ccccc1. The molecular formula is C18H18N4O2. The van der Waals surface area contributed by atoms with Crippen LogP contribution in [0.3, 0.4) is 0 Å². The monoisotopic (exact) mass is 322 g/mol. The van der Waals surface area contributed by atoms with Crippen molar-refractivity contribution in [1.82, 2.24) is 20.3 Å². The van der Waals surface area contributed by atoms with Crippen LogP contribution in [-0.4, -0.2) is 32.6 Å². The van der Waals surface area contributed by atoms with Gasteiger partial charge in [0.15, 0.2) is 0 Å². The zero-order valence-corrected chi connectivity index (χ0v) is 13.3. The summed E-state index contributed by atoms with van der Waals surface area (Å²) in [6.45, 7) is 1.79. The molecule has 2 aromatic carbocycles. The van der Waals surface area contributed by atoms with Gasteiger partial charge in [0.05, 0.1) is 24.6 Å². The van der Waals surface area contributed by atoms with Crippen molar-refractivity contribution in [3.8, 4) is 5.69 Å². The molecule has 1 unspecified atom stereocenters. The van der Waals surface area contributed by atoms with Crippen molar-refractivity contribution in [2.45, 2.75) is 12.5 Å². The van der Waals surface area contributed by atoms with Crippen LogP contribution in [0, 0.1) is 0 Å². The largest absolute Gasteiger partial charge is 0.384 e. The van der Waals surface area contributed by atoms with E-state index in [1.165, 1.54) is 0 Å². The zero-order valence-electron chi connectivity index (χ0n) is 13.3. The molecule has 0 aliphatic rings. The lowest BCUT2D eigenvalue weighted by molar-refractivity contribution is 0.0526. The van der Waals surface area contributed by atoms with Gasteiger partial charge < -0.3 is 10.4 Å². The summed E-state index contributed by atoms with van der Waals surface area (Å²) in [6.07, 6.45) is 3.28. The number of carbonyl (C=O) groups is 1. The molecule has 0 fully saturated rings. The van der Waals surface area contributed by atoms with E-state index in [-0.39, 0.29) is 12.5 Å². The van der Waals surface area contributed by atoms with Gasteiger partial charge in [-0.25, -0.2) is 4.68 Å². The van der Waals surface area contributed by atoms with Crippen LogP contribution < -0.4 is 5.32 Å². The number of benzene rings is 2. The fourth-order valence-electron chi connectivity index (χ4n) is 2.39. The summed E-state index contributed by atoms with van der Waals surface area (Å²) in [5, 5.41) is 21.0. The molecule has 0 aliphatic carbocycles. The highest BCUT2D eigenvalue weighted by Gasteiger charge is 2.23. The summed E-state index contributed by atoms with van der Waals surface area (Å²) < 4.78 is 1.58. The van der Waals surface area contributed by atoms with Gasteiger partial charge >= 0.3 is 0 Å². The van der Waals surface area contributed by atoms with Gasteiger partial charge in [0.1, 0.15) is 5.60 Å². The van der Waals surface area contributed by atoms with Crippen molar-refractivity contribution >= 4 is 5.91 Å². The zero-order chi connectivity index (χ0) is 17.0. The first-order valence-electron chi connectivity index (χ1n) is 7.59. The second-order valence-electron chi connectivity index (χ2n) is 5.72. The Morgan fingerprint density at radius 2 is 2.00 bits per heavy atom. The lowest BCUT2D eigenvalue weighted by Crippen LogP contribution is -2.38. The molecular weight excluding hydrogens is 304 g/mol. The van der Waals surface area contributed by atoms with Crippen molar-refractivity contribution in [1.29, 1.82) is 0 Å². The number of nitrogens with one attached hydrogen (secondary N) is 1. The first kappa shape index (κ1) is 15.9. The van der Waals surface area contributed by atoms with Gasteiger partial charge in [-0.05, 0) is 30.7 Å². The Morgan fingerprint density at radius 3 is 2.71 bits per heavy atom. The number of hydrogen-bond acceptors (Lipinski definition) is 4. The van der Waals surface area contributed by atoms with Crippen LogP contribution in [0.4, 0.5) is 0 Å². The molecule has 3 aromatic rings. The molecule has 3 rings (SSSR count). The molecule has 6 heteroatoms. The van der Waals surface area contributed by atoms with E-state index in [2.05, 4.69) is 15.6 Å². The third-order valence-electron chi connectivity index (χ3n) is 3.78. The summed E-state index contributed by atoms with van der Waals surface area (Å²) in [7, 11) is 0. The Bertz CT molecular complexity index is 814. The lowest BCUT2D eigenvalue weighted by atomic mass is 9.96. The Morgan fingerprint density at radius 1 is 1.21 bits per heavy atom. The van der Waals surface area contributed by atoms with Gasteiger partial charge in [0.2, 0.25) is 0 Å². The summed E-state index contributed by atoms with van der Waals surface area (Å²) in [5.41, 5.74) is 0.851. The number of hydrogen-bond donors (Lipinski definition) is 2. The van der Waals surface area contributed by atoms with Crippen LogP contribution in [0.15, 0.2) is 67.0 Å². The summed E-state index contributed by atoms with van der Waals surface area (Å²) in [5.74, 6) is -0.256. The minimum absolute atomic E-state index is 0.114. The maximum atomic E-state index is 12.4. The Labute approximate surface area is 139 Å². The van der Waals surface area contributed by atoms with Gasteiger partial charge in [-0.2, -0.15) is 0 Å². The standard InChI is InChI=1S/C18H18N4O2/c1-18(24,15-7-3-2-4-8-15)13-19-17(23)14-6-5-9-16(12-14)22-11-10-20-21-22/h2-12,24H,13H2,1H3,(H,19,23). The lowest BCUT2D eigenvalue weighted by Gasteiger charge is -2.24. The molecule has 1 amide bonds. The number of aliphatic hydroxyl groups is 1. The highest BCUT2D eigenvalue weighted by molar-refractivity contribution is 5.94. The van der Waals surface area contributed by atoms with Gasteiger partial charge in [-0.15, -0.1) is 5.10 Å². The van der Waals surface area contributed by atoms with Crippen molar-refractivity contribution in [3.05, 3.63) is 78.1 Å². The van der Waals surface area contributed by atoms with Crippen molar-refractivity contribution in [2.24, 2.45) is 0 Å². The number of amides is 1. The molecule has 0 saturated heterocycles. The predicted molar refractivity (Wildman–Crippen MR) is 89.7 cm³/mol. The molecule has 2 N–H and O–H groups in total. The minimum Gasteiger partial charge on any atom is -0.384 e. The van der Waals surface area contributed by atoms with Gasteiger partial charge in [0.25, 0.3) is 5.91 Å². The van der Waals surface area contributed by atoms with E-state index in [9.17, 15) is 9.90 Å². The number of rotatable bonds is 5. The Hall–Kier alpha value is -2.99. The van der Waals surface area contributed by atoms with Gasteiger partial charge in [-0.1, -0.05) is 41.6 Å². The molecule has 0 spiro atoms. The summed E-state index contributed by atoms with van der Waals surface area (Å²) in [4.78, 5) is 12.4. The number of nitrogens with zero attached hydrogens (tertiary/aromatic N) is 3. The first-order chi connectivity index (χ1) is 11.6. The highest BCUT2D eigenvalue weighted by atomic mass is 16.3. The smallest absolute Gasteiger partial charge is 0.251 e. The van der Waals surface area contributed by atoms with Crippen molar-refractivity contribution < 1.29 is 9.90 Å². The molecule has 0 radical (unpaired) electrons. The summed E-state index contributed by atoms with van der Waals surface area (Å²) >= 11 is 0. The van der Waals surface area contributed by atoms with Crippen molar-refractivity contribution in [2.75, 3.05) is 6.54 Å². The second-order valence-corrected chi connectivity index (χ2v) is 5.72. The number of carbonyl (C=O) groups excluding carboxylic acids is 1. The normalized spacial score (nSPS) is 13.2. The molecule has 1 aromatic heterocycles. The molecule has 0 saturated carbocycles. The molecule has 24 heavy (non-hydrogen) atoms. The fraction of sp³-hybridized carbons (Fsp3) is 0.167. The maximum absolute atomic E-state index is 12.4. The highest BCUT2D eigenvalue weighted by Crippen LogP contribution is 2.19. The topological polar surface area (TPSA) is 80.0 Å². The van der Waals surface area contributed by atoms with Crippen molar-refractivity contribution in [3.63, 3.8) is 0 Å². The quantitative estimate of drug-likeness (QED) is 0.752. The average molecular weight is 322 g/mol. The molecule has 6 nitrogen and oxygen atoms in total. The molecule has 1 atom stereocenters. The molecule has 122 valence electrons. The third kappa shape index (κ3) is 3.49. The van der Waals surface area contributed by atoms with E-state index >= 15 is 0 Å². The average Bonchev–Trinajstić information content (AvgIpc) is 3.15. The van der Waals surface area contributed by atoms with E-state index in [0.29, 0.717) is 5.56 Å². The van der Waals surface area contributed by atoms with E-state index in [0.717, 1.165) is 11.3 Å². The molecule has 1 heterocycles. The van der Waals surface area contributed by atoms with E-state index in [4.69, 9.17) is 0 Å². The fourth-order valence-corrected chi connectivity index (χ4v) is 2.39. The van der Waals surface area contributed by atoms with Gasteiger partial charge in [0, 0.05) is 5.56 Å². The maximum Gasteiger partial charge on any atom is 0.251 e. The summed E-state index contributed by atoms with van der Waals surface area (Å²) in [6, 6.07) is 16.3. The Kier molecular flexibility index (Phi) is 4.39. The van der Waals surface area contributed by atoms with E-state index in [1.54, 1.807) is 42.2 Å².